The number of esters is 1. The van der Waals surface area contributed by atoms with E-state index >= 15 is 0 Å². The summed E-state index contributed by atoms with van der Waals surface area (Å²) in [7, 11) is 0. The Morgan fingerprint density at radius 2 is 1.45 bits per heavy atom. The second kappa shape index (κ2) is 17.7. The molecule has 4 nitrogen and oxygen atoms in total. The zero-order chi connectivity index (χ0) is 15.6. The van der Waals surface area contributed by atoms with E-state index in [0.29, 0.717) is 6.61 Å². The monoisotopic (exact) mass is 286 g/mol. The van der Waals surface area contributed by atoms with Crippen molar-refractivity contribution < 1.29 is 19.4 Å². The summed E-state index contributed by atoms with van der Waals surface area (Å²) in [5.74, 6) is -1.00. The minimum atomic E-state index is -0.833. The summed E-state index contributed by atoms with van der Waals surface area (Å²) in [6.45, 7) is 5.35. The molecular weight excluding hydrogens is 256 g/mol. The summed E-state index contributed by atoms with van der Waals surface area (Å²) >= 11 is 0. The van der Waals surface area contributed by atoms with Crippen LogP contribution in [0.3, 0.4) is 0 Å². The second-order valence-corrected chi connectivity index (χ2v) is 4.68. The first kappa shape index (κ1) is 21.0. The largest absolute Gasteiger partial charge is 0.481 e. The Labute approximate surface area is 123 Å². The second-order valence-electron chi connectivity index (χ2n) is 4.68. The van der Waals surface area contributed by atoms with Gasteiger partial charge in [-0.1, -0.05) is 44.8 Å². The van der Waals surface area contributed by atoms with Crippen molar-refractivity contribution in [3.05, 3.63) is 12.2 Å². The van der Waals surface area contributed by atoms with E-state index in [0.717, 1.165) is 19.8 Å². The van der Waals surface area contributed by atoms with Gasteiger partial charge in [0.15, 0.2) is 0 Å². The van der Waals surface area contributed by atoms with Crippen molar-refractivity contribution in [1.29, 1.82) is 0 Å². The van der Waals surface area contributed by atoms with Gasteiger partial charge in [-0.05, 0) is 25.7 Å². The van der Waals surface area contributed by atoms with Gasteiger partial charge < -0.3 is 9.84 Å². The number of allylic oxidation sites excluding steroid dienone is 2. The molecule has 0 unspecified atom stereocenters. The zero-order valence-corrected chi connectivity index (χ0v) is 13.2. The maximum absolute atomic E-state index is 10.5. The van der Waals surface area contributed by atoms with Crippen LogP contribution in [0.5, 0.6) is 0 Å². The maximum atomic E-state index is 10.5. The summed E-state index contributed by atoms with van der Waals surface area (Å²) in [6, 6.07) is 0. The lowest BCUT2D eigenvalue weighted by atomic mass is 10.1. The fourth-order valence-electron chi connectivity index (χ4n) is 1.49. The summed E-state index contributed by atoms with van der Waals surface area (Å²) in [5, 5.41) is 7.42. The van der Waals surface area contributed by atoms with Gasteiger partial charge in [0.1, 0.15) is 0 Å². The molecular formula is C16H30O4. The Balaban J connectivity index is 0. The molecule has 0 heterocycles. The molecule has 0 rings (SSSR count). The Morgan fingerprint density at radius 1 is 0.950 bits per heavy atom. The smallest absolute Gasteiger partial charge is 0.302 e. The minimum Gasteiger partial charge on any atom is -0.481 e. The van der Waals surface area contributed by atoms with Crippen molar-refractivity contribution in [1.82, 2.24) is 0 Å². The molecule has 0 aliphatic rings. The van der Waals surface area contributed by atoms with Crippen LogP contribution in [0, 0.1) is 0 Å². The molecule has 0 aromatic rings. The van der Waals surface area contributed by atoms with Gasteiger partial charge in [0.25, 0.3) is 5.97 Å². The molecule has 0 amide bonds. The van der Waals surface area contributed by atoms with Crippen LogP contribution in [0.4, 0.5) is 0 Å². The molecule has 0 spiro atoms. The molecule has 1 N–H and O–H groups in total. The molecule has 0 bridgehead atoms. The predicted molar refractivity (Wildman–Crippen MR) is 81.7 cm³/mol. The van der Waals surface area contributed by atoms with Gasteiger partial charge in [-0.2, -0.15) is 0 Å². The van der Waals surface area contributed by atoms with Crippen molar-refractivity contribution in [3.8, 4) is 0 Å². The Bertz CT molecular complexity index is 255. The third-order valence-electron chi connectivity index (χ3n) is 2.46. The molecule has 0 saturated heterocycles. The number of hydrogen-bond acceptors (Lipinski definition) is 3. The van der Waals surface area contributed by atoms with Crippen LogP contribution in [0.2, 0.25) is 0 Å². The topological polar surface area (TPSA) is 63.6 Å². The number of carbonyl (C=O) groups excluding carboxylic acids is 1. The van der Waals surface area contributed by atoms with Crippen LogP contribution in [0.25, 0.3) is 0 Å². The number of hydrogen-bond donors (Lipinski definition) is 1. The summed E-state index contributed by atoms with van der Waals surface area (Å²) < 4.78 is 4.86. The molecule has 0 aromatic carbocycles. The van der Waals surface area contributed by atoms with Crippen molar-refractivity contribution in [2.45, 2.75) is 72.1 Å². The number of carboxylic acids is 1. The number of carboxylic acid groups (broad SMARTS) is 1. The van der Waals surface area contributed by atoms with Gasteiger partial charge in [-0.3, -0.25) is 9.59 Å². The third kappa shape index (κ3) is 30.1. The number of ether oxygens (including phenoxy) is 1. The highest BCUT2D eigenvalue weighted by molar-refractivity contribution is 5.65. The van der Waals surface area contributed by atoms with Gasteiger partial charge in [-0.25, -0.2) is 0 Å². The molecule has 0 saturated carbocycles. The van der Waals surface area contributed by atoms with E-state index in [2.05, 4.69) is 19.1 Å². The van der Waals surface area contributed by atoms with Crippen LogP contribution in [0.1, 0.15) is 72.1 Å². The van der Waals surface area contributed by atoms with Gasteiger partial charge in [0, 0.05) is 13.8 Å². The standard InChI is InChI=1S/C14H26O2.C2H4O2/c1-3-4-5-6-7-8-9-10-11-12-13-16-14(2)15;1-2(3)4/h6-7H,3-5,8-13H2,1-2H3;1H3,(H,3,4). The van der Waals surface area contributed by atoms with Gasteiger partial charge >= 0.3 is 5.97 Å². The van der Waals surface area contributed by atoms with E-state index in [1.807, 2.05) is 0 Å². The van der Waals surface area contributed by atoms with Gasteiger partial charge in [-0.15, -0.1) is 0 Å². The van der Waals surface area contributed by atoms with Gasteiger partial charge in [0.2, 0.25) is 0 Å². The Hall–Kier alpha value is -1.32. The summed E-state index contributed by atoms with van der Waals surface area (Å²) in [6.07, 6.45) is 14.2. The van der Waals surface area contributed by atoms with Crippen molar-refractivity contribution in [2.75, 3.05) is 6.61 Å². The highest BCUT2D eigenvalue weighted by atomic mass is 16.5. The van der Waals surface area contributed by atoms with Gasteiger partial charge in [0.05, 0.1) is 6.61 Å². The summed E-state index contributed by atoms with van der Waals surface area (Å²) in [5.41, 5.74) is 0. The van der Waals surface area contributed by atoms with E-state index in [-0.39, 0.29) is 5.97 Å². The van der Waals surface area contributed by atoms with E-state index in [1.165, 1.54) is 45.4 Å². The lowest BCUT2D eigenvalue weighted by Crippen LogP contribution is -1.99. The third-order valence-corrected chi connectivity index (χ3v) is 2.46. The van der Waals surface area contributed by atoms with Crippen molar-refractivity contribution >= 4 is 11.9 Å². The first-order valence-corrected chi connectivity index (χ1v) is 7.48. The first-order valence-electron chi connectivity index (χ1n) is 7.48. The Kier molecular flexibility index (Phi) is 18.6. The molecule has 20 heavy (non-hydrogen) atoms. The predicted octanol–water partition coefficient (Wildman–Crippen LogP) is 4.34. The highest BCUT2D eigenvalue weighted by Crippen LogP contribution is 2.05. The SMILES string of the molecule is CC(=O)O.CCCCC=CCCCCCCOC(C)=O. The number of carbonyl (C=O) groups is 2. The molecule has 4 heteroatoms. The summed E-state index contributed by atoms with van der Waals surface area (Å²) in [4.78, 5) is 19.5. The lowest BCUT2D eigenvalue weighted by Gasteiger charge is -2.00. The average Bonchev–Trinajstić information content (AvgIpc) is 2.35. The number of unbranched alkanes of at least 4 members (excludes halogenated alkanes) is 6. The Morgan fingerprint density at radius 3 is 1.95 bits per heavy atom. The van der Waals surface area contributed by atoms with Crippen LogP contribution in [-0.4, -0.2) is 23.7 Å². The van der Waals surface area contributed by atoms with E-state index in [4.69, 9.17) is 14.6 Å². The zero-order valence-electron chi connectivity index (χ0n) is 13.2. The van der Waals surface area contributed by atoms with Crippen LogP contribution < -0.4 is 0 Å². The van der Waals surface area contributed by atoms with Crippen LogP contribution in [-0.2, 0) is 14.3 Å². The molecule has 0 fully saturated rings. The van der Waals surface area contributed by atoms with E-state index in [9.17, 15) is 4.79 Å². The molecule has 0 aromatic heterocycles. The molecule has 0 radical (unpaired) electrons. The maximum Gasteiger partial charge on any atom is 0.302 e. The minimum absolute atomic E-state index is 0.168. The van der Waals surface area contributed by atoms with Crippen molar-refractivity contribution in [3.63, 3.8) is 0 Å². The average molecular weight is 286 g/mol. The lowest BCUT2D eigenvalue weighted by molar-refractivity contribution is -0.141. The molecule has 0 aliphatic heterocycles. The quantitative estimate of drug-likeness (QED) is 0.368. The fraction of sp³-hybridized carbons (Fsp3) is 0.750. The molecule has 0 aliphatic carbocycles. The number of rotatable bonds is 10. The normalized spacial score (nSPS) is 9.95. The molecule has 118 valence electrons. The van der Waals surface area contributed by atoms with Crippen LogP contribution >= 0.6 is 0 Å². The number of aliphatic carboxylic acids is 1. The van der Waals surface area contributed by atoms with Crippen LogP contribution in [0.15, 0.2) is 12.2 Å². The van der Waals surface area contributed by atoms with E-state index in [1.54, 1.807) is 0 Å². The van der Waals surface area contributed by atoms with Crippen molar-refractivity contribution in [2.24, 2.45) is 0 Å². The van der Waals surface area contributed by atoms with E-state index < -0.39 is 5.97 Å². The fourth-order valence-corrected chi connectivity index (χ4v) is 1.49. The molecule has 0 atom stereocenters. The first-order chi connectivity index (χ1) is 9.50. The highest BCUT2D eigenvalue weighted by Gasteiger charge is 1.92.